The second-order valence-electron chi connectivity index (χ2n) is 16.7. The highest BCUT2D eigenvalue weighted by atomic mass is 16.4. The normalized spacial score (nSPS) is 21.2. The van der Waals surface area contributed by atoms with Crippen LogP contribution in [0, 0.1) is 17.8 Å². The highest BCUT2D eigenvalue weighted by Gasteiger charge is 2.35. The molecule has 1 aliphatic carbocycles. The Morgan fingerprint density at radius 2 is 1.34 bits per heavy atom. The molecule has 1 aromatic carbocycles. The maximum atomic E-state index is 14.0. The van der Waals surface area contributed by atoms with Gasteiger partial charge in [-0.25, -0.2) is 0 Å². The highest BCUT2D eigenvalue weighted by molar-refractivity contribution is 5.85. The van der Waals surface area contributed by atoms with Gasteiger partial charge in [0, 0.05) is 68.5 Å². The Morgan fingerprint density at radius 3 is 1.97 bits per heavy atom. The first-order valence-electron chi connectivity index (χ1n) is 21.3. The van der Waals surface area contributed by atoms with Crippen molar-refractivity contribution in [2.45, 2.75) is 146 Å². The first-order valence-corrected chi connectivity index (χ1v) is 21.3. The summed E-state index contributed by atoms with van der Waals surface area (Å²) >= 11 is 0. The summed E-state index contributed by atoms with van der Waals surface area (Å²) < 4.78 is 0. The summed E-state index contributed by atoms with van der Waals surface area (Å²) in [5, 5.41) is 36.4. The molecular formula is C42H68N8O9. The number of amides is 5. The van der Waals surface area contributed by atoms with E-state index >= 15 is 0 Å². The molecule has 330 valence electrons. The summed E-state index contributed by atoms with van der Waals surface area (Å²) in [4.78, 5) is 89.9. The minimum atomic E-state index is -1.18. The maximum absolute atomic E-state index is 14.0. The van der Waals surface area contributed by atoms with Crippen molar-refractivity contribution in [1.29, 1.82) is 0 Å². The number of carboxylic acid groups (broad SMARTS) is 2. The van der Waals surface area contributed by atoms with Crippen LogP contribution in [0.5, 0.6) is 0 Å². The van der Waals surface area contributed by atoms with Gasteiger partial charge in [-0.2, -0.15) is 0 Å². The van der Waals surface area contributed by atoms with Gasteiger partial charge in [-0.15, -0.1) is 0 Å². The van der Waals surface area contributed by atoms with Gasteiger partial charge in [-0.3, -0.25) is 33.6 Å². The fourth-order valence-corrected chi connectivity index (χ4v) is 8.07. The van der Waals surface area contributed by atoms with Gasteiger partial charge in [-0.05, 0) is 75.9 Å². The smallest absolute Gasteiger partial charge is 0.305 e. The van der Waals surface area contributed by atoms with Gasteiger partial charge in [0.1, 0.15) is 0 Å². The Hall–Kier alpha value is -4.61. The van der Waals surface area contributed by atoms with E-state index in [-0.39, 0.29) is 73.6 Å². The van der Waals surface area contributed by atoms with E-state index in [2.05, 4.69) is 31.9 Å². The molecule has 17 heteroatoms. The molecule has 59 heavy (non-hydrogen) atoms. The van der Waals surface area contributed by atoms with Crippen molar-refractivity contribution in [1.82, 2.24) is 31.9 Å². The number of carbonyl (C=O) groups is 7. The van der Waals surface area contributed by atoms with Crippen LogP contribution in [0.4, 0.5) is 0 Å². The average Bonchev–Trinajstić information content (AvgIpc) is 3.16. The number of benzene rings is 1. The van der Waals surface area contributed by atoms with Crippen LogP contribution in [0.1, 0.15) is 109 Å². The van der Waals surface area contributed by atoms with E-state index in [1.54, 1.807) is 0 Å². The number of rotatable bonds is 25. The second kappa shape index (κ2) is 25.8. The van der Waals surface area contributed by atoms with Crippen molar-refractivity contribution in [3.8, 4) is 0 Å². The highest BCUT2D eigenvalue weighted by Crippen LogP contribution is 2.26. The molecule has 1 aliphatic heterocycles. The Kier molecular flexibility index (Phi) is 21.3. The fraction of sp³-hybridized carbons (Fsp3) is 0.690. The molecule has 5 amide bonds. The standard InChI is InChI=1S/C42H68N8O9/c1-26(2)19-30(48-42(59)33-25-45-18-16-34(33)44)22-36(51)46-28(11-8-17-43)21-38(53)50-35-13-7-6-12-32(35)41(58)49-31(20-27-9-4-3-5-10-27)23-37(52)47-29(24-40(56)57)14-15-39(54)55/h3-5,9-10,26,28-35,45H,6-8,11-25,43-44H2,1-2H3,(H,46,51)(H,47,52)(H,48,59)(H,49,58)(H,50,53)(H,54,55)(H,56,57)/t28-,29-,30-,31-,32+,33+,34+,35+/m0/s1. The predicted octanol–water partition coefficient (Wildman–Crippen LogP) is 1.07. The zero-order chi connectivity index (χ0) is 43.3. The number of aliphatic carboxylic acids is 2. The zero-order valence-electron chi connectivity index (χ0n) is 34.7. The SMILES string of the molecule is CC(C)C[C@@H](CC(=O)N[C@@H](CCCN)CC(=O)N[C@@H]1CCCC[C@H]1C(=O)N[C@H](CC(=O)N[C@@H](CCC(=O)O)CC(=O)O)Cc1ccccc1)NC(=O)[C@@H]1CNCC[C@H]1N. The van der Waals surface area contributed by atoms with Crippen LogP contribution < -0.4 is 43.4 Å². The molecule has 1 saturated carbocycles. The lowest BCUT2D eigenvalue weighted by Crippen LogP contribution is -2.54. The van der Waals surface area contributed by atoms with Crippen LogP contribution in [0.25, 0.3) is 0 Å². The van der Waals surface area contributed by atoms with Gasteiger partial charge >= 0.3 is 11.9 Å². The van der Waals surface area contributed by atoms with E-state index in [1.807, 2.05) is 44.2 Å². The lowest BCUT2D eigenvalue weighted by atomic mass is 9.83. The van der Waals surface area contributed by atoms with E-state index < -0.39 is 60.4 Å². The second-order valence-corrected chi connectivity index (χ2v) is 16.7. The van der Waals surface area contributed by atoms with Crippen LogP contribution in [-0.4, -0.2) is 108 Å². The summed E-state index contributed by atoms with van der Waals surface area (Å²) in [7, 11) is 0. The van der Waals surface area contributed by atoms with Crippen LogP contribution >= 0.6 is 0 Å². The van der Waals surface area contributed by atoms with Crippen LogP contribution in [0.15, 0.2) is 30.3 Å². The lowest BCUT2D eigenvalue weighted by Gasteiger charge is -2.33. The average molecular weight is 829 g/mol. The largest absolute Gasteiger partial charge is 0.481 e. The zero-order valence-corrected chi connectivity index (χ0v) is 34.7. The van der Waals surface area contributed by atoms with E-state index in [0.717, 1.165) is 24.9 Å². The number of carboxylic acids is 2. The topological polar surface area (TPSA) is 284 Å². The lowest BCUT2D eigenvalue weighted by molar-refractivity contribution is -0.140. The summed E-state index contributed by atoms with van der Waals surface area (Å²) in [6, 6.07) is 6.00. The Bertz CT molecular complexity index is 1530. The van der Waals surface area contributed by atoms with E-state index in [9.17, 15) is 38.7 Å². The van der Waals surface area contributed by atoms with Crippen molar-refractivity contribution in [3.05, 3.63) is 35.9 Å². The summed E-state index contributed by atoms with van der Waals surface area (Å²) in [5.74, 6) is -4.70. The maximum Gasteiger partial charge on any atom is 0.305 e. The Morgan fingerprint density at radius 1 is 0.729 bits per heavy atom. The van der Waals surface area contributed by atoms with Crippen molar-refractivity contribution in [2.24, 2.45) is 29.2 Å². The van der Waals surface area contributed by atoms with Gasteiger partial charge in [0.15, 0.2) is 0 Å². The first kappa shape index (κ1) is 48.8. The number of carbonyl (C=O) groups excluding carboxylic acids is 5. The number of nitrogens with one attached hydrogen (secondary N) is 6. The number of nitrogens with two attached hydrogens (primary N) is 2. The minimum Gasteiger partial charge on any atom is -0.481 e. The van der Waals surface area contributed by atoms with Gasteiger partial charge < -0.3 is 53.6 Å². The Balaban J connectivity index is 1.65. The molecule has 2 fully saturated rings. The molecule has 3 rings (SSSR count). The number of hydrogen-bond acceptors (Lipinski definition) is 10. The molecule has 0 unspecified atom stereocenters. The molecule has 8 atom stereocenters. The monoisotopic (exact) mass is 829 g/mol. The predicted molar refractivity (Wildman–Crippen MR) is 221 cm³/mol. The summed E-state index contributed by atoms with van der Waals surface area (Å²) in [6.45, 7) is 5.64. The van der Waals surface area contributed by atoms with Crippen molar-refractivity contribution in [3.63, 3.8) is 0 Å². The van der Waals surface area contributed by atoms with Crippen LogP contribution in [0.2, 0.25) is 0 Å². The molecule has 1 aromatic rings. The molecule has 12 N–H and O–H groups in total. The Labute approximate surface area is 347 Å². The molecule has 0 bridgehead atoms. The van der Waals surface area contributed by atoms with Gasteiger partial charge in [0.2, 0.25) is 29.5 Å². The minimum absolute atomic E-state index is 0.0312. The first-order chi connectivity index (χ1) is 28.1. The van der Waals surface area contributed by atoms with Crippen molar-refractivity contribution >= 4 is 41.5 Å². The summed E-state index contributed by atoms with van der Waals surface area (Å²) in [6.07, 6.45) is 4.24. The van der Waals surface area contributed by atoms with Gasteiger partial charge in [-0.1, -0.05) is 57.0 Å². The van der Waals surface area contributed by atoms with Crippen molar-refractivity contribution < 1.29 is 43.8 Å². The molecular weight excluding hydrogens is 761 g/mol. The van der Waals surface area contributed by atoms with E-state index in [4.69, 9.17) is 16.6 Å². The third-order valence-corrected chi connectivity index (χ3v) is 11.0. The number of piperidine rings is 1. The molecule has 0 aromatic heterocycles. The van der Waals surface area contributed by atoms with Crippen molar-refractivity contribution in [2.75, 3.05) is 19.6 Å². The van der Waals surface area contributed by atoms with E-state index in [1.165, 1.54) is 0 Å². The van der Waals surface area contributed by atoms with Crippen LogP contribution in [-0.2, 0) is 40.0 Å². The third-order valence-electron chi connectivity index (χ3n) is 11.0. The number of hydrogen-bond donors (Lipinski definition) is 10. The van der Waals surface area contributed by atoms with Gasteiger partial charge in [0.05, 0.1) is 18.3 Å². The third kappa shape index (κ3) is 18.9. The molecule has 2 aliphatic rings. The molecule has 17 nitrogen and oxygen atoms in total. The van der Waals surface area contributed by atoms with Gasteiger partial charge in [0.25, 0.3) is 0 Å². The van der Waals surface area contributed by atoms with E-state index in [0.29, 0.717) is 58.0 Å². The molecule has 1 saturated heterocycles. The molecule has 0 radical (unpaired) electrons. The molecule has 1 heterocycles. The van der Waals surface area contributed by atoms with Crippen LogP contribution in [0.3, 0.4) is 0 Å². The molecule has 0 spiro atoms. The summed E-state index contributed by atoms with van der Waals surface area (Å²) in [5.41, 5.74) is 12.9. The fourth-order valence-electron chi connectivity index (χ4n) is 8.07. The quantitative estimate of drug-likeness (QED) is 0.0663.